The minimum absolute atomic E-state index is 0.782. The molecule has 76 valence electrons. The van der Waals surface area contributed by atoms with Gasteiger partial charge in [-0.1, -0.05) is 12.1 Å². The SMILES string of the molecule is Nc1cccc(-c2nc3c([nH]2)CCC3)c1. The highest BCUT2D eigenvalue weighted by Crippen LogP contribution is 2.25. The molecule has 1 aromatic heterocycles. The highest BCUT2D eigenvalue weighted by Gasteiger charge is 2.16. The standard InChI is InChI=1S/C12H13N3/c13-9-4-1-3-8(7-9)12-14-10-5-2-6-11(10)15-12/h1,3-4,7H,2,5-6,13H2,(H,14,15). The largest absolute Gasteiger partial charge is 0.399 e. The molecular weight excluding hydrogens is 186 g/mol. The van der Waals surface area contributed by atoms with Gasteiger partial charge in [-0.15, -0.1) is 0 Å². The quantitative estimate of drug-likeness (QED) is 0.691. The van der Waals surface area contributed by atoms with Gasteiger partial charge in [-0.25, -0.2) is 4.98 Å². The highest BCUT2D eigenvalue weighted by atomic mass is 14.9. The van der Waals surface area contributed by atoms with Gasteiger partial charge in [0.05, 0.1) is 5.69 Å². The second kappa shape index (κ2) is 3.12. The summed E-state index contributed by atoms with van der Waals surface area (Å²) in [6.45, 7) is 0. The number of rotatable bonds is 1. The molecule has 15 heavy (non-hydrogen) atoms. The number of fused-ring (bicyclic) bond motifs is 1. The Hall–Kier alpha value is -1.77. The number of anilines is 1. The van der Waals surface area contributed by atoms with Crippen LogP contribution in [0.2, 0.25) is 0 Å². The smallest absolute Gasteiger partial charge is 0.137 e. The Morgan fingerprint density at radius 2 is 2.20 bits per heavy atom. The van der Waals surface area contributed by atoms with Crippen LogP contribution >= 0.6 is 0 Å². The Morgan fingerprint density at radius 1 is 1.27 bits per heavy atom. The second-order valence-corrected chi connectivity index (χ2v) is 3.99. The molecule has 0 amide bonds. The number of nitrogens with two attached hydrogens (primary N) is 1. The summed E-state index contributed by atoms with van der Waals surface area (Å²) in [4.78, 5) is 7.96. The highest BCUT2D eigenvalue weighted by molar-refractivity contribution is 5.61. The van der Waals surface area contributed by atoms with E-state index in [2.05, 4.69) is 9.97 Å². The van der Waals surface area contributed by atoms with Crippen molar-refractivity contribution in [2.24, 2.45) is 0 Å². The van der Waals surface area contributed by atoms with Crippen LogP contribution in [0.25, 0.3) is 11.4 Å². The molecular formula is C12H13N3. The fourth-order valence-electron chi connectivity index (χ4n) is 2.11. The number of aromatic amines is 1. The third-order valence-electron chi connectivity index (χ3n) is 2.86. The molecule has 0 fully saturated rings. The van der Waals surface area contributed by atoms with Crippen LogP contribution in [0.4, 0.5) is 5.69 Å². The lowest BCUT2D eigenvalue weighted by molar-refractivity contribution is 0.878. The summed E-state index contributed by atoms with van der Waals surface area (Å²) < 4.78 is 0. The Kier molecular flexibility index (Phi) is 1.78. The summed E-state index contributed by atoms with van der Waals surface area (Å²) in [5, 5.41) is 0. The second-order valence-electron chi connectivity index (χ2n) is 3.99. The van der Waals surface area contributed by atoms with Crippen LogP contribution in [0.3, 0.4) is 0 Å². The van der Waals surface area contributed by atoms with E-state index >= 15 is 0 Å². The third kappa shape index (κ3) is 1.40. The molecule has 3 heteroatoms. The van der Waals surface area contributed by atoms with Gasteiger partial charge in [0.15, 0.2) is 0 Å². The van der Waals surface area contributed by atoms with Crippen molar-refractivity contribution in [3.63, 3.8) is 0 Å². The number of hydrogen-bond donors (Lipinski definition) is 2. The zero-order valence-corrected chi connectivity index (χ0v) is 8.46. The Bertz CT molecular complexity index is 478. The van der Waals surface area contributed by atoms with Crippen LogP contribution < -0.4 is 5.73 Å². The predicted molar refractivity (Wildman–Crippen MR) is 60.5 cm³/mol. The summed E-state index contributed by atoms with van der Waals surface area (Å²) in [6.07, 6.45) is 3.46. The van der Waals surface area contributed by atoms with Gasteiger partial charge in [0.25, 0.3) is 0 Å². The fraction of sp³-hybridized carbons (Fsp3) is 0.250. The Morgan fingerprint density at radius 3 is 3.00 bits per heavy atom. The fourth-order valence-corrected chi connectivity index (χ4v) is 2.11. The number of H-pyrrole nitrogens is 1. The van der Waals surface area contributed by atoms with Gasteiger partial charge in [0, 0.05) is 16.9 Å². The lowest BCUT2D eigenvalue weighted by atomic mass is 10.2. The molecule has 0 atom stereocenters. The number of imidazole rings is 1. The molecule has 0 saturated heterocycles. The summed E-state index contributed by atoms with van der Waals surface area (Å²) in [6, 6.07) is 7.83. The van der Waals surface area contributed by atoms with Gasteiger partial charge in [-0.2, -0.15) is 0 Å². The van der Waals surface area contributed by atoms with Gasteiger partial charge < -0.3 is 10.7 Å². The van der Waals surface area contributed by atoms with E-state index in [1.54, 1.807) is 0 Å². The summed E-state index contributed by atoms with van der Waals surface area (Å²) in [7, 11) is 0. The van der Waals surface area contributed by atoms with E-state index in [-0.39, 0.29) is 0 Å². The van der Waals surface area contributed by atoms with Gasteiger partial charge >= 0.3 is 0 Å². The van der Waals surface area contributed by atoms with Gasteiger partial charge in [-0.3, -0.25) is 0 Å². The lowest BCUT2D eigenvalue weighted by Crippen LogP contribution is -1.87. The molecule has 3 nitrogen and oxygen atoms in total. The van der Waals surface area contributed by atoms with Crippen molar-refractivity contribution in [2.75, 3.05) is 5.73 Å². The average Bonchev–Trinajstić information content (AvgIpc) is 2.76. The van der Waals surface area contributed by atoms with Crippen molar-refractivity contribution >= 4 is 5.69 Å². The minimum atomic E-state index is 0.782. The van der Waals surface area contributed by atoms with Crippen molar-refractivity contribution in [1.29, 1.82) is 0 Å². The predicted octanol–water partition coefficient (Wildman–Crippen LogP) is 2.15. The summed E-state index contributed by atoms with van der Waals surface area (Å²) in [5.74, 6) is 0.951. The first-order valence-corrected chi connectivity index (χ1v) is 5.26. The molecule has 0 unspecified atom stereocenters. The Balaban J connectivity index is 2.06. The maximum Gasteiger partial charge on any atom is 0.137 e. The molecule has 3 rings (SSSR count). The van der Waals surface area contributed by atoms with Crippen molar-refractivity contribution < 1.29 is 0 Å². The number of aromatic nitrogens is 2. The van der Waals surface area contributed by atoms with Crippen LogP contribution in [0.15, 0.2) is 24.3 Å². The molecule has 1 aromatic carbocycles. The molecule has 1 aliphatic rings. The van der Waals surface area contributed by atoms with Crippen LogP contribution in [0.1, 0.15) is 17.8 Å². The first-order chi connectivity index (χ1) is 7.33. The van der Waals surface area contributed by atoms with Crippen LogP contribution in [-0.4, -0.2) is 9.97 Å². The zero-order chi connectivity index (χ0) is 10.3. The molecule has 0 aliphatic heterocycles. The molecule has 0 radical (unpaired) electrons. The summed E-state index contributed by atoms with van der Waals surface area (Å²) >= 11 is 0. The van der Waals surface area contributed by atoms with Gasteiger partial charge in [-0.05, 0) is 31.4 Å². The van der Waals surface area contributed by atoms with E-state index in [9.17, 15) is 0 Å². The lowest BCUT2D eigenvalue weighted by Gasteiger charge is -1.98. The van der Waals surface area contributed by atoms with Gasteiger partial charge in [0.2, 0.25) is 0 Å². The molecule has 3 N–H and O–H groups in total. The molecule has 1 heterocycles. The number of nitrogens with one attached hydrogen (secondary N) is 1. The molecule has 1 aliphatic carbocycles. The van der Waals surface area contributed by atoms with Crippen molar-refractivity contribution in [2.45, 2.75) is 19.3 Å². The number of benzene rings is 1. The van der Waals surface area contributed by atoms with E-state index < -0.39 is 0 Å². The zero-order valence-electron chi connectivity index (χ0n) is 8.46. The average molecular weight is 199 g/mol. The van der Waals surface area contributed by atoms with E-state index in [0.717, 1.165) is 29.9 Å². The first-order valence-electron chi connectivity index (χ1n) is 5.26. The van der Waals surface area contributed by atoms with E-state index in [4.69, 9.17) is 5.73 Å². The van der Waals surface area contributed by atoms with Crippen molar-refractivity contribution in [3.05, 3.63) is 35.7 Å². The molecule has 2 aromatic rings. The topological polar surface area (TPSA) is 54.7 Å². The number of nitrogens with zero attached hydrogens (tertiary/aromatic N) is 1. The molecule has 0 saturated carbocycles. The normalized spacial score (nSPS) is 14.1. The maximum atomic E-state index is 5.75. The third-order valence-corrected chi connectivity index (χ3v) is 2.86. The van der Waals surface area contributed by atoms with Crippen molar-refractivity contribution in [1.82, 2.24) is 9.97 Å². The monoisotopic (exact) mass is 199 g/mol. The van der Waals surface area contributed by atoms with Crippen molar-refractivity contribution in [3.8, 4) is 11.4 Å². The number of nitrogen functional groups attached to an aromatic ring is 1. The van der Waals surface area contributed by atoms with Crippen LogP contribution in [0.5, 0.6) is 0 Å². The minimum Gasteiger partial charge on any atom is -0.399 e. The number of hydrogen-bond acceptors (Lipinski definition) is 2. The Labute approximate surface area is 88.3 Å². The van der Waals surface area contributed by atoms with E-state index in [0.29, 0.717) is 0 Å². The van der Waals surface area contributed by atoms with Crippen LogP contribution in [0, 0.1) is 0 Å². The molecule has 0 spiro atoms. The summed E-state index contributed by atoms with van der Waals surface area (Å²) in [5.41, 5.74) is 10.1. The number of aryl methyl sites for hydroxylation is 2. The van der Waals surface area contributed by atoms with Gasteiger partial charge in [0.1, 0.15) is 5.82 Å². The maximum absolute atomic E-state index is 5.75. The van der Waals surface area contributed by atoms with E-state index in [1.807, 2.05) is 24.3 Å². The van der Waals surface area contributed by atoms with Crippen LogP contribution in [-0.2, 0) is 12.8 Å². The first kappa shape index (κ1) is 8.53. The molecule has 0 bridgehead atoms. The van der Waals surface area contributed by atoms with E-state index in [1.165, 1.54) is 17.8 Å².